The molecule has 2 heterocycles. The van der Waals surface area contributed by atoms with Gasteiger partial charge in [-0.25, -0.2) is 8.42 Å². The van der Waals surface area contributed by atoms with Gasteiger partial charge in [0, 0.05) is 32.0 Å². The zero-order valence-corrected chi connectivity index (χ0v) is 10.8. The Hall–Kier alpha value is -0.850. The molecule has 1 aromatic heterocycles. The molecule has 0 saturated carbocycles. The second kappa shape index (κ2) is 4.80. The molecule has 17 heavy (non-hydrogen) atoms. The number of hydrogen-bond donors (Lipinski definition) is 1. The van der Waals surface area contributed by atoms with E-state index in [9.17, 15) is 8.42 Å². The van der Waals surface area contributed by atoms with Crippen LogP contribution in [0.1, 0.15) is 25.0 Å². The molecule has 1 saturated heterocycles. The van der Waals surface area contributed by atoms with Crippen molar-refractivity contribution in [2.75, 3.05) is 13.1 Å². The van der Waals surface area contributed by atoms with E-state index in [4.69, 9.17) is 5.11 Å². The van der Waals surface area contributed by atoms with Crippen molar-refractivity contribution in [2.24, 2.45) is 7.05 Å². The summed E-state index contributed by atoms with van der Waals surface area (Å²) in [6.45, 7) is 1.06. The van der Waals surface area contributed by atoms with Crippen molar-refractivity contribution < 1.29 is 13.5 Å². The molecule has 0 spiro atoms. The first kappa shape index (κ1) is 12.6. The average Bonchev–Trinajstić information content (AvgIpc) is 2.72. The number of nitrogens with zero attached hydrogens (tertiary/aromatic N) is 2. The summed E-state index contributed by atoms with van der Waals surface area (Å²) in [5.41, 5.74) is 0.612. The van der Waals surface area contributed by atoms with Crippen LogP contribution in [0, 0.1) is 0 Å². The lowest BCUT2D eigenvalue weighted by Gasteiger charge is -2.25. The van der Waals surface area contributed by atoms with Crippen LogP contribution in [0.3, 0.4) is 0 Å². The minimum Gasteiger partial charge on any atom is -0.390 e. The number of aryl methyl sites for hydroxylation is 1. The third kappa shape index (κ3) is 2.38. The number of piperidine rings is 1. The van der Waals surface area contributed by atoms with Crippen molar-refractivity contribution >= 4 is 10.0 Å². The lowest BCUT2D eigenvalue weighted by Crippen LogP contribution is -2.35. The van der Waals surface area contributed by atoms with E-state index in [1.54, 1.807) is 23.9 Å². The highest BCUT2D eigenvalue weighted by Gasteiger charge is 2.27. The van der Waals surface area contributed by atoms with E-state index in [-0.39, 0.29) is 11.5 Å². The molecule has 5 nitrogen and oxygen atoms in total. The third-order valence-corrected chi connectivity index (χ3v) is 5.06. The van der Waals surface area contributed by atoms with Crippen LogP contribution in [0.4, 0.5) is 0 Å². The molecule has 0 bridgehead atoms. The molecule has 2 rings (SSSR count). The van der Waals surface area contributed by atoms with Crippen LogP contribution in [-0.4, -0.2) is 35.5 Å². The zero-order chi connectivity index (χ0) is 12.5. The Kier molecular flexibility index (Phi) is 3.56. The third-order valence-electron chi connectivity index (χ3n) is 3.20. The van der Waals surface area contributed by atoms with Crippen LogP contribution in [0.25, 0.3) is 0 Å². The first-order chi connectivity index (χ1) is 8.05. The van der Waals surface area contributed by atoms with Gasteiger partial charge < -0.3 is 9.67 Å². The summed E-state index contributed by atoms with van der Waals surface area (Å²) >= 11 is 0. The van der Waals surface area contributed by atoms with Crippen molar-refractivity contribution in [3.05, 3.63) is 18.0 Å². The Morgan fingerprint density at radius 2 is 1.94 bits per heavy atom. The van der Waals surface area contributed by atoms with Crippen LogP contribution in [-0.2, 0) is 23.7 Å². The smallest absolute Gasteiger partial charge is 0.244 e. The summed E-state index contributed by atoms with van der Waals surface area (Å²) in [4.78, 5) is 0.283. The summed E-state index contributed by atoms with van der Waals surface area (Å²) in [5.74, 6) is 0. The minimum atomic E-state index is -3.37. The summed E-state index contributed by atoms with van der Waals surface area (Å²) in [6.07, 6.45) is 4.52. The molecule has 0 aliphatic carbocycles. The van der Waals surface area contributed by atoms with Gasteiger partial charge in [0.05, 0.1) is 6.61 Å². The number of hydrogen-bond acceptors (Lipinski definition) is 3. The van der Waals surface area contributed by atoms with Gasteiger partial charge in [0.15, 0.2) is 0 Å². The van der Waals surface area contributed by atoms with E-state index in [0.29, 0.717) is 18.8 Å². The van der Waals surface area contributed by atoms with Crippen LogP contribution in [0.15, 0.2) is 17.2 Å². The molecular weight excluding hydrogens is 240 g/mol. The molecular formula is C11H18N2O3S. The van der Waals surface area contributed by atoms with Crippen molar-refractivity contribution in [3.8, 4) is 0 Å². The van der Waals surface area contributed by atoms with Gasteiger partial charge >= 0.3 is 0 Å². The van der Waals surface area contributed by atoms with E-state index in [0.717, 1.165) is 19.3 Å². The van der Waals surface area contributed by atoms with Crippen LogP contribution in [0.5, 0.6) is 0 Å². The zero-order valence-electron chi connectivity index (χ0n) is 9.96. The van der Waals surface area contributed by atoms with Crippen LogP contribution < -0.4 is 0 Å². The largest absolute Gasteiger partial charge is 0.390 e. The Labute approximate surface area is 102 Å². The second-order valence-electron chi connectivity index (χ2n) is 4.40. The summed E-state index contributed by atoms with van der Waals surface area (Å²) in [6, 6.07) is 1.55. The minimum absolute atomic E-state index is 0.147. The van der Waals surface area contributed by atoms with Gasteiger partial charge in [-0.15, -0.1) is 0 Å². The Bertz CT molecular complexity index is 487. The van der Waals surface area contributed by atoms with Gasteiger partial charge in [0.25, 0.3) is 0 Å². The SMILES string of the molecule is Cn1cc(S(=O)(=O)N2CCCCC2)cc1CO. The number of aromatic nitrogens is 1. The maximum absolute atomic E-state index is 12.3. The lowest BCUT2D eigenvalue weighted by molar-refractivity contribution is 0.272. The van der Waals surface area contributed by atoms with E-state index < -0.39 is 10.0 Å². The first-order valence-electron chi connectivity index (χ1n) is 5.82. The predicted octanol–water partition coefficient (Wildman–Crippen LogP) is 0.692. The number of aliphatic hydroxyl groups is 1. The molecule has 0 aromatic carbocycles. The lowest BCUT2D eigenvalue weighted by atomic mass is 10.2. The highest BCUT2D eigenvalue weighted by Crippen LogP contribution is 2.22. The van der Waals surface area contributed by atoms with Gasteiger partial charge in [-0.3, -0.25) is 0 Å². The standard InChI is InChI=1S/C11H18N2O3S/c1-12-8-11(7-10(12)9-14)17(15,16)13-5-3-2-4-6-13/h7-8,14H,2-6,9H2,1H3. The van der Waals surface area contributed by atoms with Gasteiger partial charge in [-0.05, 0) is 18.9 Å². The normalized spacial score (nSPS) is 18.5. The number of aliphatic hydroxyl groups excluding tert-OH is 1. The second-order valence-corrected chi connectivity index (χ2v) is 6.34. The summed E-state index contributed by atoms with van der Waals surface area (Å²) < 4.78 is 27.8. The molecule has 96 valence electrons. The molecule has 1 aromatic rings. The fraction of sp³-hybridized carbons (Fsp3) is 0.636. The predicted molar refractivity (Wildman–Crippen MR) is 63.9 cm³/mol. The van der Waals surface area contributed by atoms with Crippen molar-refractivity contribution in [1.29, 1.82) is 0 Å². The topological polar surface area (TPSA) is 62.5 Å². The number of sulfonamides is 1. The monoisotopic (exact) mass is 258 g/mol. The highest BCUT2D eigenvalue weighted by molar-refractivity contribution is 7.89. The molecule has 6 heteroatoms. The molecule has 0 radical (unpaired) electrons. The van der Waals surface area contributed by atoms with Gasteiger partial charge in [0.2, 0.25) is 10.0 Å². The Morgan fingerprint density at radius 3 is 2.47 bits per heavy atom. The van der Waals surface area contributed by atoms with Crippen molar-refractivity contribution in [2.45, 2.75) is 30.8 Å². The Balaban J connectivity index is 2.30. The van der Waals surface area contributed by atoms with E-state index >= 15 is 0 Å². The van der Waals surface area contributed by atoms with Gasteiger partial charge in [-0.1, -0.05) is 6.42 Å². The Morgan fingerprint density at radius 1 is 1.29 bits per heavy atom. The van der Waals surface area contributed by atoms with Crippen molar-refractivity contribution in [3.63, 3.8) is 0 Å². The summed E-state index contributed by atoms with van der Waals surface area (Å²) in [5, 5.41) is 9.08. The van der Waals surface area contributed by atoms with Gasteiger partial charge in [0.1, 0.15) is 4.90 Å². The van der Waals surface area contributed by atoms with E-state index in [2.05, 4.69) is 0 Å². The van der Waals surface area contributed by atoms with E-state index in [1.807, 2.05) is 0 Å². The first-order valence-corrected chi connectivity index (χ1v) is 7.26. The molecule has 1 fully saturated rings. The molecule has 1 aliphatic heterocycles. The average molecular weight is 258 g/mol. The van der Waals surface area contributed by atoms with E-state index in [1.165, 1.54) is 4.31 Å². The number of rotatable bonds is 3. The van der Waals surface area contributed by atoms with Crippen LogP contribution in [0.2, 0.25) is 0 Å². The molecule has 0 atom stereocenters. The fourth-order valence-electron chi connectivity index (χ4n) is 2.13. The summed E-state index contributed by atoms with van der Waals surface area (Å²) in [7, 11) is -1.64. The quantitative estimate of drug-likeness (QED) is 0.867. The molecule has 0 unspecified atom stereocenters. The van der Waals surface area contributed by atoms with Crippen molar-refractivity contribution in [1.82, 2.24) is 8.87 Å². The fourth-order valence-corrected chi connectivity index (χ4v) is 3.74. The van der Waals surface area contributed by atoms with Gasteiger partial charge in [-0.2, -0.15) is 4.31 Å². The molecule has 1 N–H and O–H groups in total. The maximum atomic E-state index is 12.3. The maximum Gasteiger partial charge on any atom is 0.244 e. The molecule has 0 amide bonds. The highest BCUT2D eigenvalue weighted by atomic mass is 32.2. The molecule has 1 aliphatic rings. The van der Waals surface area contributed by atoms with Crippen LogP contribution >= 0.6 is 0 Å².